The predicted molar refractivity (Wildman–Crippen MR) is 66.6 cm³/mol. The normalized spacial score (nSPS) is 10.1. The Labute approximate surface area is 95.7 Å². The van der Waals surface area contributed by atoms with Crippen LogP contribution >= 0.6 is 0 Å². The zero-order valence-corrected chi connectivity index (χ0v) is 9.53. The average Bonchev–Trinajstić information content (AvgIpc) is 2.30. The lowest BCUT2D eigenvalue weighted by molar-refractivity contribution is 0.101. The molecule has 0 unspecified atom stereocenters. The first-order valence-electron chi connectivity index (χ1n) is 5.35. The van der Waals surface area contributed by atoms with E-state index in [1.54, 1.807) is 6.92 Å². The molecule has 0 aliphatic rings. The summed E-state index contributed by atoms with van der Waals surface area (Å²) in [5, 5.41) is 0. The second-order valence-corrected chi connectivity index (χ2v) is 3.95. The number of rotatable bonds is 2. The zero-order chi connectivity index (χ0) is 11.5. The molecule has 16 heavy (non-hydrogen) atoms. The van der Waals surface area contributed by atoms with Gasteiger partial charge in [0.25, 0.3) is 0 Å². The summed E-state index contributed by atoms with van der Waals surface area (Å²) in [6.45, 7) is 3.63. The summed E-state index contributed by atoms with van der Waals surface area (Å²) in [5.74, 6) is 0.114. The van der Waals surface area contributed by atoms with Crippen LogP contribution < -0.4 is 0 Å². The third-order valence-corrected chi connectivity index (χ3v) is 2.72. The van der Waals surface area contributed by atoms with Gasteiger partial charge in [-0.3, -0.25) is 4.79 Å². The lowest BCUT2D eigenvalue weighted by Crippen LogP contribution is -1.93. The topological polar surface area (TPSA) is 17.1 Å². The van der Waals surface area contributed by atoms with Crippen LogP contribution in [0.4, 0.5) is 0 Å². The van der Waals surface area contributed by atoms with E-state index < -0.39 is 0 Å². The molecule has 0 heterocycles. The number of carbonyl (C=O) groups is 1. The molecule has 0 saturated carbocycles. The van der Waals surface area contributed by atoms with Gasteiger partial charge in [0.05, 0.1) is 0 Å². The third kappa shape index (κ3) is 2.03. The van der Waals surface area contributed by atoms with Crippen LogP contribution in [0.2, 0.25) is 0 Å². The standard InChI is InChI=1S/C15H14O/c1-11-10-14(12(2)16)8-9-15(11)13-6-4-3-5-7-13/h3-10H,1-2H3. The Morgan fingerprint density at radius 2 is 1.69 bits per heavy atom. The van der Waals surface area contributed by atoms with Crippen molar-refractivity contribution in [3.05, 3.63) is 59.7 Å². The van der Waals surface area contributed by atoms with Gasteiger partial charge in [-0.05, 0) is 36.6 Å². The first-order valence-corrected chi connectivity index (χ1v) is 5.35. The van der Waals surface area contributed by atoms with Crippen LogP contribution in [0.3, 0.4) is 0 Å². The van der Waals surface area contributed by atoms with Crippen molar-refractivity contribution in [2.75, 3.05) is 0 Å². The van der Waals surface area contributed by atoms with Gasteiger partial charge in [-0.25, -0.2) is 0 Å². The molecule has 1 heteroatoms. The summed E-state index contributed by atoms with van der Waals surface area (Å²) >= 11 is 0. The average molecular weight is 210 g/mol. The van der Waals surface area contributed by atoms with Crippen LogP contribution in [-0.4, -0.2) is 5.78 Å². The first-order chi connectivity index (χ1) is 7.68. The molecule has 80 valence electrons. The van der Waals surface area contributed by atoms with E-state index in [0.717, 1.165) is 11.1 Å². The Hall–Kier alpha value is -1.89. The van der Waals surface area contributed by atoms with Gasteiger partial charge in [-0.15, -0.1) is 0 Å². The van der Waals surface area contributed by atoms with Gasteiger partial charge in [0.1, 0.15) is 0 Å². The summed E-state index contributed by atoms with van der Waals surface area (Å²) in [5.41, 5.74) is 4.29. The lowest BCUT2D eigenvalue weighted by Gasteiger charge is -2.07. The molecule has 0 N–H and O–H groups in total. The molecule has 0 aliphatic carbocycles. The van der Waals surface area contributed by atoms with Crippen LogP contribution in [0, 0.1) is 6.92 Å². The fourth-order valence-corrected chi connectivity index (χ4v) is 1.82. The van der Waals surface area contributed by atoms with Crippen LogP contribution in [0.1, 0.15) is 22.8 Å². The number of hydrogen-bond acceptors (Lipinski definition) is 1. The zero-order valence-electron chi connectivity index (χ0n) is 9.53. The van der Waals surface area contributed by atoms with Crippen molar-refractivity contribution >= 4 is 5.78 Å². The van der Waals surface area contributed by atoms with E-state index in [-0.39, 0.29) is 5.78 Å². The van der Waals surface area contributed by atoms with E-state index in [2.05, 4.69) is 12.1 Å². The molecule has 2 rings (SSSR count). The first kappa shape index (κ1) is 10.6. The van der Waals surface area contributed by atoms with E-state index in [4.69, 9.17) is 0 Å². The van der Waals surface area contributed by atoms with Crippen molar-refractivity contribution in [3.63, 3.8) is 0 Å². The van der Waals surface area contributed by atoms with Gasteiger partial charge in [-0.2, -0.15) is 0 Å². The van der Waals surface area contributed by atoms with Crippen molar-refractivity contribution in [1.82, 2.24) is 0 Å². The summed E-state index contributed by atoms with van der Waals surface area (Å²) in [7, 11) is 0. The SMILES string of the molecule is CC(=O)c1ccc(-c2ccccc2)c(C)c1. The molecule has 0 amide bonds. The molecular formula is C15H14O. The van der Waals surface area contributed by atoms with Gasteiger partial charge in [0.2, 0.25) is 0 Å². The number of hydrogen-bond donors (Lipinski definition) is 0. The Bertz CT molecular complexity index is 512. The van der Waals surface area contributed by atoms with E-state index >= 15 is 0 Å². The molecule has 0 fully saturated rings. The molecule has 0 radical (unpaired) electrons. The number of benzene rings is 2. The summed E-state index contributed by atoms with van der Waals surface area (Å²) in [4.78, 5) is 11.2. The summed E-state index contributed by atoms with van der Waals surface area (Å²) < 4.78 is 0. The van der Waals surface area contributed by atoms with Gasteiger partial charge in [-0.1, -0.05) is 42.5 Å². The maximum absolute atomic E-state index is 11.2. The van der Waals surface area contributed by atoms with E-state index in [1.165, 1.54) is 11.1 Å². The Morgan fingerprint density at radius 3 is 2.25 bits per heavy atom. The molecule has 0 bridgehead atoms. The minimum atomic E-state index is 0.114. The second-order valence-electron chi connectivity index (χ2n) is 3.95. The molecule has 0 aliphatic heterocycles. The fraction of sp³-hybridized carbons (Fsp3) is 0.133. The van der Waals surface area contributed by atoms with Gasteiger partial charge in [0.15, 0.2) is 5.78 Å². The maximum atomic E-state index is 11.2. The highest BCUT2D eigenvalue weighted by atomic mass is 16.1. The highest BCUT2D eigenvalue weighted by Gasteiger charge is 2.04. The maximum Gasteiger partial charge on any atom is 0.159 e. The minimum Gasteiger partial charge on any atom is -0.295 e. The van der Waals surface area contributed by atoms with Crippen molar-refractivity contribution in [3.8, 4) is 11.1 Å². The van der Waals surface area contributed by atoms with E-state index in [0.29, 0.717) is 0 Å². The fourth-order valence-electron chi connectivity index (χ4n) is 1.82. The monoisotopic (exact) mass is 210 g/mol. The van der Waals surface area contributed by atoms with Gasteiger partial charge < -0.3 is 0 Å². The van der Waals surface area contributed by atoms with Crippen molar-refractivity contribution in [1.29, 1.82) is 0 Å². The van der Waals surface area contributed by atoms with Gasteiger partial charge in [0, 0.05) is 5.56 Å². The Morgan fingerprint density at radius 1 is 1.00 bits per heavy atom. The smallest absolute Gasteiger partial charge is 0.159 e. The largest absolute Gasteiger partial charge is 0.295 e. The molecule has 0 spiro atoms. The van der Waals surface area contributed by atoms with Crippen molar-refractivity contribution < 1.29 is 4.79 Å². The molecule has 0 saturated heterocycles. The number of carbonyl (C=O) groups excluding carboxylic acids is 1. The highest BCUT2D eigenvalue weighted by Crippen LogP contribution is 2.23. The number of Topliss-reactive ketones (excluding diaryl/α,β-unsaturated/α-hetero) is 1. The third-order valence-electron chi connectivity index (χ3n) is 2.72. The number of ketones is 1. The van der Waals surface area contributed by atoms with Crippen molar-refractivity contribution in [2.45, 2.75) is 13.8 Å². The molecule has 2 aromatic rings. The number of aryl methyl sites for hydroxylation is 1. The van der Waals surface area contributed by atoms with Crippen LogP contribution in [-0.2, 0) is 0 Å². The lowest BCUT2D eigenvalue weighted by atomic mass is 9.97. The second kappa shape index (κ2) is 4.31. The summed E-state index contributed by atoms with van der Waals surface area (Å²) in [6, 6.07) is 16.1. The van der Waals surface area contributed by atoms with Crippen LogP contribution in [0.25, 0.3) is 11.1 Å². The molecule has 0 aromatic heterocycles. The summed E-state index contributed by atoms with van der Waals surface area (Å²) in [6.07, 6.45) is 0. The molecule has 2 aromatic carbocycles. The quantitative estimate of drug-likeness (QED) is 0.688. The van der Waals surface area contributed by atoms with Gasteiger partial charge >= 0.3 is 0 Å². The van der Waals surface area contributed by atoms with Crippen molar-refractivity contribution in [2.24, 2.45) is 0 Å². The minimum absolute atomic E-state index is 0.114. The molecular weight excluding hydrogens is 196 g/mol. The highest BCUT2D eigenvalue weighted by molar-refractivity contribution is 5.95. The molecule has 1 nitrogen and oxygen atoms in total. The van der Waals surface area contributed by atoms with Crippen LogP contribution in [0.5, 0.6) is 0 Å². The molecule has 0 atom stereocenters. The van der Waals surface area contributed by atoms with E-state index in [9.17, 15) is 4.79 Å². The van der Waals surface area contributed by atoms with Crippen LogP contribution in [0.15, 0.2) is 48.5 Å². The Balaban J connectivity index is 2.48. The Kier molecular flexibility index (Phi) is 2.86. The van der Waals surface area contributed by atoms with E-state index in [1.807, 2.05) is 43.3 Å². The predicted octanol–water partition coefficient (Wildman–Crippen LogP) is 3.86.